The Morgan fingerprint density at radius 3 is 2.74 bits per heavy atom. The van der Waals surface area contributed by atoms with Crippen LogP contribution < -0.4 is 29.6 Å². The third kappa shape index (κ3) is 3.69. The summed E-state index contributed by atoms with van der Waals surface area (Å²) < 4.78 is 6.84. The molecule has 2 aromatic rings. The molecule has 1 aromatic heterocycles. The summed E-state index contributed by atoms with van der Waals surface area (Å²) in [7, 11) is 0. The van der Waals surface area contributed by atoms with E-state index < -0.39 is 0 Å². The van der Waals surface area contributed by atoms with Gasteiger partial charge in [0, 0.05) is 0 Å². The van der Waals surface area contributed by atoms with Crippen molar-refractivity contribution in [3.63, 3.8) is 0 Å². The fraction of sp³-hybridized carbons (Fsp3) is 0.286. The topological polar surface area (TPSA) is 44.1 Å². The molecule has 96 valence electrons. The van der Waals surface area contributed by atoms with Crippen LogP contribution in [0.15, 0.2) is 42.9 Å². The number of nitrogens with zero attached hydrogens (tertiary/aromatic N) is 2. The Morgan fingerprint density at radius 1 is 1.42 bits per heavy atom. The Labute approximate surface area is 136 Å². The van der Waals surface area contributed by atoms with Crippen LogP contribution >= 0.6 is 0 Å². The standard InChI is InChI=1S/C14H16N2O2.Na.H/c1-3-18-14(17)13-9-15-10-16(13)11(2)12-7-5-4-6-8-12;;/h4-11H,3H2,1-2H3;;/q;+1;-1. The number of aromatic nitrogens is 2. The van der Waals surface area contributed by atoms with Gasteiger partial charge in [0.25, 0.3) is 0 Å². The van der Waals surface area contributed by atoms with Gasteiger partial charge in [0.15, 0.2) is 0 Å². The van der Waals surface area contributed by atoms with E-state index in [1.54, 1.807) is 13.3 Å². The van der Waals surface area contributed by atoms with Gasteiger partial charge in [-0.15, -0.1) is 0 Å². The van der Waals surface area contributed by atoms with Gasteiger partial charge in [0.2, 0.25) is 0 Å². The van der Waals surface area contributed by atoms with Crippen LogP contribution in [-0.4, -0.2) is 22.1 Å². The molecule has 0 spiro atoms. The average Bonchev–Trinajstić information content (AvgIpc) is 2.88. The molecule has 0 N–H and O–H groups in total. The minimum absolute atomic E-state index is 0. The smallest absolute Gasteiger partial charge is 1.00 e. The molecule has 1 aromatic carbocycles. The van der Waals surface area contributed by atoms with Crippen LogP contribution in [0.25, 0.3) is 0 Å². The third-order valence-electron chi connectivity index (χ3n) is 2.85. The maximum atomic E-state index is 11.8. The molecule has 0 fully saturated rings. The van der Waals surface area contributed by atoms with E-state index in [2.05, 4.69) is 4.98 Å². The van der Waals surface area contributed by atoms with E-state index in [-0.39, 0.29) is 43.0 Å². The molecule has 0 bridgehead atoms. The van der Waals surface area contributed by atoms with Gasteiger partial charge in [0.05, 0.1) is 25.2 Å². The van der Waals surface area contributed by atoms with E-state index in [9.17, 15) is 4.79 Å². The van der Waals surface area contributed by atoms with Gasteiger partial charge < -0.3 is 10.7 Å². The molecule has 0 amide bonds. The van der Waals surface area contributed by atoms with Gasteiger partial charge in [-0.1, -0.05) is 30.3 Å². The summed E-state index contributed by atoms with van der Waals surface area (Å²) in [6.07, 6.45) is 3.20. The van der Waals surface area contributed by atoms with Gasteiger partial charge >= 0.3 is 35.5 Å². The number of benzene rings is 1. The van der Waals surface area contributed by atoms with E-state index in [1.807, 2.05) is 41.8 Å². The largest absolute Gasteiger partial charge is 1.00 e. The van der Waals surface area contributed by atoms with Gasteiger partial charge in [-0.05, 0) is 19.4 Å². The first kappa shape index (κ1) is 16.0. The fourth-order valence-electron chi connectivity index (χ4n) is 1.87. The zero-order valence-corrected chi connectivity index (χ0v) is 13.5. The number of esters is 1. The predicted molar refractivity (Wildman–Crippen MR) is 69.6 cm³/mol. The van der Waals surface area contributed by atoms with E-state index in [1.165, 1.54) is 6.20 Å². The molecule has 0 aliphatic heterocycles. The molecule has 19 heavy (non-hydrogen) atoms. The average molecular weight is 268 g/mol. The molecule has 1 atom stereocenters. The van der Waals surface area contributed by atoms with E-state index in [4.69, 9.17) is 4.74 Å². The molecule has 0 radical (unpaired) electrons. The maximum Gasteiger partial charge on any atom is 1.00 e. The zero-order chi connectivity index (χ0) is 13.0. The monoisotopic (exact) mass is 268 g/mol. The van der Waals surface area contributed by atoms with Crippen molar-refractivity contribution in [3.8, 4) is 0 Å². The van der Waals surface area contributed by atoms with Gasteiger partial charge in [-0.25, -0.2) is 9.78 Å². The first-order chi connectivity index (χ1) is 8.74. The SMILES string of the molecule is CCOC(=O)c1cncn1C(C)c1ccccc1.[H-].[Na+]. The van der Waals surface area contributed by atoms with E-state index >= 15 is 0 Å². The molecule has 0 saturated carbocycles. The summed E-state index contributed by atoms with van der Waals surface area (Å²) in [4.78, 5) is 15.8. The molecule has 0 aliphatic rings. The van der Waals surface area contributed by atoms with Crippen molar-refractivity contribution in [2.24, 2.45) is 0 Å². The van der Waals surface area contributed by atoms with Gasteiger partial charge in [-0.2, -0.15) is 0 Å². The number of imidazole rings is 1. The first-order valence-electron chi connectivity index (χ1n) is 5.98. The Bertz CT molecular complexity index is 531. The summed E-state index contributed by atoms with van der Waals surface area (Å²) in [6.45, 7) is 4.18. The van der Waals surface area contributed by atoms with Crippen molar-refractivity contribution in [1.82, 2.24) is 9.55 Å². The van der Waals surface area contributed by atoms with Crippen LogP contribution in [0, 0.1) is 0 Å². The number of hydrogen-bond donors (Lipinski definition) is 0. The normalized spacial score (nSPS) is 11.5. The van der Waals surface area contributed by atoms with E-state index in [0.717, 1.165) is 5.56 Å². The van der Waals surface area contributed by atoms with Crippen LogP contribution in [-0.2, 0) is 4.74 Å². The van der Waals surface area contributed by atoms with Gasteiger partial charge in [-0.3, -0.25) is 0 Å². The first-order valence-corrected chi connectivity index (χ1v) is 5.98. The maximum absolute atomic E-state index is 11.8. The summed E-state index contributed by atoms with van der Waals surface area (Å²) in [5.41, 5.74) is 1.61. The predicted octanol–water partition coefficient (Wildman–Crippen LogP) is -0.214. The number of ether oxygens (including phenoxy) is 1. The van der Waals surface area contributed by atoms with Gasteiger partial charge in [0.1, 0.15) is 5.69 Å². The number of carbonyl (C=O) groups excluding carboxylic acids is 1. The number of rotatable bonds is 4. The van der Waals surface area contributed by atoms with Crippen LogP contribution in [0.2, 0.25) is 0 Å². The molecule has 5 heteroatoms. The Balaban J connectivity index is 0.00000180. The second-order valence-electron chi connectivity index (χ2n) is 3.99. The second kappa shape index (κ2) is 7.48. The fourth-order valence-corrected chi connectivity index (χ4v) is 1.87. The Kier molecular flexibility index (Phi) is 6.28. The van der Waals surface area contributed by atoms with Crippen molar-refractivity contribution in [2.75, 3.05) is 6.61 Å². The summed E-state index contributed by atoms with van der Waals surface area (Å²) >= 11 is 0. The van der Waals surface area contributed by atoms with Crippen molar-refractivity contribution >= 4 is 5.97 Å². The minimum Gasteiger partial charge on any atom is -1.00 e. The molecule has 0 aliphatic carbocycles. The summed E-state index contributed by atoms with van der Waals surface area (Å²) in [6, 6.07) is 10.0. The molecular formula is C14H17N2NaO2. The van der Waals surface area contributed by atoms with Crippen molar-refractivity contribution in [2.45, 2.75) is 19.9 Å². The molecule has 1 heterocycles. The van der Waals surface area contributed by atoms with Crippen LogP contribution in [0.1, 0.15) is 37.4 Å². The van der Waals surface area contributed by atoms with Crippen molar-refractivity contribution in [3.05, 3.63) is 54.1 Å². The molecule has 1 unspecified atom stereocenters. The molecule has 4 nitrogen and oxygen atoms in total. The molecule has 2 rings (SSSR count). The minimum atomic E-state index is -0.335. The zero-order valence-electron chi connectivity index (χ0n) is 12.5. The van der Waals surface area contributed by atoms with Crippen LogP contribution in [0.3, 0.4) is 0 Å². The molecule has 0 saturated heterocycles. The van der Waals surface area contributed by atoms with Crippen LogP contribution in [0.5, 0.6) is 0 Å². The second-order valence-corrected chi connectivity index (χ2v) is 3.99. The van der Waals surface area contributed by atoms with Crippen LogP contribution in [0.4, 0.5) is 0 Å². The van der Waals surface area contributed by atoms with E-state index in [0.29, 0.717) is 12.3 Å². The molecular weight excluding hydrogens is 251 g/mol. The summed E-state index contributed by atoms with van der Waals surface area (Å²) in [5.74, 6) is -0.335. The number of carbonyl (C=O) groups is 1. The Morgan fingerprint density at radius 2 is 2.11 bits per heavy atom. The van der Waals surface area contributed by atoms with Crippen molar-refractivity contribution in [1.29, 1.82) is 0 Å². The van der Waals surface area contributed by atoms with Crippen molar-refractivity contribution < 1.29 is 40.5 Å². The summed E-state index contributed by atoms with van der Waals surface area (Å²) in [5, 5.41) is 0. The Hall–Kier alpha value is -1.10. The number of hydrogen-bond acceptors (Lipinski definition) is 3. The quantitative estimate of drug-likeness (QED) is 0.569. The third-order valence-corrected chi connectivity index (χ3v) is 2.85.